The maximum atomic E-state index is 3.84. The molecule has 2 N–H and O–H groups in total. The van der Waals surface area contributed by atoms with Crippen LogP contribution in [0.2, 0.25) is 0 Å². The van der Waals surface area contributed by atoms with E-state index in [1.54, 1.807) is 0 Å². The second kappa shape index (κ2) is 10.5. The smallest absolute Gasteiger partial charge is 0.0955 e. The lowest BCUT2D eigenvalue weighted by Gasteiger charge is -2.41. The van der Waals surface area contributed by atoms with E-state index in [1.807, 2.05) is 0 Å². The van der Waals surface area contributed by atoms with E-state index in [2.05, 4.69) is 134 Å². The van der Waals surface area contributed by atoms with Crippen LogP contribution in [0.1, 0.15) is 52.1 Å². The van der Waals surface area contributed by atoms with Crippen LogP contribution in [0.5, 0.6) is 0 Å². The summed E-state index contributed by atoms with van der Waals surface area (Å²) in [5.41, 5.74) is 10.1. The van der Waals surface area contributed by atoms with E-state index in [0.717, 1.165) is 25.9 Å². The monoisotopic (exact) mass is 456 g/mol. The predicted octanol–water partition coefficient (Wildman–Crippen LogP) is 6.37. The third kappa shape index (κ3) is 4.39. The Morgan fingerprint density at radius 2 is 1.65 bits per heavy atom. The lowest BCUT2D eigenvalue weighted by molar-refractivity contribution is 0.333. The Morgan fingerprint density at radius 1 is 0.941 bits per heavy atom. The Labute approximate surface area is 206 Å². The summed E-state index contributed by atoms with van der Waals surface area (Å²) in [4.78, 5) is 2.39. The van der Waals surface area contributed by atoms with Crippen LogP contribution >= 0.6 is 0 Å². The average molecular weight is 457 g/mol. The number of nitrogens with zero attached hydrogens (tertiary/aromatic N) is 2. The summed E-state index contributed by atoms with van der Waals surface area (Å²) in [5.74, 6) is 0. The van der Waals surface area contributed by atoms with Gasteiger partial charge in [0.05, 0.1) is 11.7 Å². The lowest BCUT2D eigenvalue weighted by atomic mass is 9.71. The number of benzene rings is 2. The van der Waals surface area contributed by atoms with Gasteiger partial charge in [0.1, 0.15) is 0 Å². The highest BCUT2D eigenvalue weighted by Gasteiger charge is 2.43. The molecule has 1 heterocycles. The lowest BCUT2D eigenvalue weighted by Crippen LogP contribution is -2.48. The number of para-hydroxylation sites is 1. The van der Waals surface area contributed by atoms with Gasteiger partial charge in [0.2, 0.25) is 0 Å². The number of rotatable bonds is 9. The van der Waals surface area contributed by atoms with Gasteiger partial charge in [-0.1, -0.05) is 68.0 Å². The highest BCUT2D eigenvalue weighted by molar-refractivity contribution is 5.56. The van der Waals surface area contributed by atoms with Crippen molar-refractivity contribution in [3.05, 3.63) is 95.7 Å². The molecule has 0 amide bonds. The molecule has 1 aliphatic carbocycles. The van der Waals surface area contributed by atoms with Gasteiger partial charge in [0, 0.05) is 35.9 Å². The van der Waals surface area contributed by atoms with Crippen LogP contribution < -0.4 is 20.7 Å². The molecule has 4 nitrogen and oxygen atoms in total. The van der Waals surface area contributed by atoms with Crippen LogP contribution in [0.3, 0.4) is 0 Å². The summed E-state index contributed by atoms with van der Waals surface area (Å²) in [6.45, 7) is 11.0. The minimum atomic E-state index is -0.115. The molecule has 0 bridgehead atoms. The van der Waals surface area contributed by atoms with Crippen LogP contribution in [0, 0.1) is 5.41 Å². The quantitative estimate of drug-likeness (QED) is 0.459. The summed E-state index contributed by atoms with van der Waals surface area (Å²) in [7, 11) is 2.08. The van der Waals surface area contributed by atoms with Crippen molar-refractivity contribution >= 4 is 11.4 Å². The molecule has 0 saturated carbocycles. The van der Waals surface area contributed by atoms with Crippen molar-refractivity contribution in [3.8, 4) is 0 Å². The molecule has 3 atom stereocenters. The number of hydrogen-bond donors (Lipinski definition) is 2. The SMILES string of the molecule is CCC1=CC(NC)C(CC)(C2=CC(c3ccc(N(CC)CC)cc3)N(c3ccccc3)N2)C=C1. The fourth-order valence-electron chi connectivity index (χ4n) is 5.40. The normalized spacial score (nSPS) is 24.0. The van der Waals surface area contributed by atoms with Gasteiger partial charge in [-0.15, -0.1) is 0 Å². The highest BCUT2D eigenvalue weighted by atomic mass is 15.5. The number of hydrogen-bond acceptors (Lipinski definition) is 4. The standard InChI is InChI=1S/C30H40N4/c1-6-23-19-20-30(7-2,28(21-23)31-5)29-22-27(34(32-29)26-13-11-10-12-14-26)24-15-17-25(18-16-24)33(8-3)9-4/h10-22,27-28,31-32H,6-9H2,1-5H3. The molecule has 0 spiro atoms. The summed E-state index contributed by atoms with van der Waals surface area (Å²) in [6, 6.07) is 20.1. The molecule has 2 aromatic carbocycles. The average Bonchev–Trinajstić information content (AvgIpc) is 3.36. The van der Waals surface area contributed by atoms with Crippen molar-refractivity contribution in [2.45, 2.75) is 52.6 Å². The molecule has 0 saturated heterocycles. The third-order valence-corrected chi connectivity index (χ3v) is 7.58. The number of likely N-dealkylation sites (N-methyl/N-ethyl adjacent to an activating group) is 1. The van der Waals surface area contributed by atoms with Gasteiger partial charge < -0.3 is 15.6 Å². The fraction of sp³-hybridized carbons (Fsp3) is 0.400. The van der Waals surface area contributed by atoms with E-state index in [-0.39, 0.29) is 17.5 Å². The van der Waals surface area contributed by atoms with E-state index < -0.39 is 0 Å². The van der Waals surface area contributed by atoms with Crippen molar-refractivity contribution < 1.29 is 0 Å². The molecular formula is C30H40N4. The molecule has 34 heavy (non-hydrogen) atoms. The zero-order valence-corrected chi connectivity index (χ0v) is 21.4. The van der Waals surface area contributed by atoms with Crippen molar-refractivity contribution in [1.82, 2.24) is 10.7 Å². The summed E-state index contributed by atoms with van der Waals surface area (Å²) < 4.78 is 0. The van der Waals surface area contributed by atoms with Crippen molar-refractivity contribution in [1.29, 1.82) is 0 Å². The summed E-state index contributed by atoms with van der Waals surface area (Å²) in [5, 5.41) is 5.91. The Kier molecular flexibility index (Phi) is 7.47. The minimum absolute atomic E-state index is 0.115. The van der Waals surface area contributed by atoms with E-state index in [9.17, 15) is 0 Å². The number of allylic oxidation sites excluding steroid dienone is 2. The zero-order chi connectivity index (χ0) is 24.1. The van der Waals surface area contributed by atoms with Gasteiger partial charge in [-0.3, -0.25) is 5.01 Å². The van der Waals surface area contributed by atoms with Gasteiger partial charge in [-0.05, 0) is 69.6 Å². The van der Waals surface area contributed by atoms with E-state index >= 15 is 0 Å². The van der Waals surface area contributed by atoms with Crippen LogP contribution in [0.25, 0.3) is 0 Å². The second-order valence-corrected chi connectivity index (χ2v) is 9.20. The molecule has 2 aliphatic rings. The molecule has 3 unspecified atom stereocenters. The van der Waals surface area contributed by atoms with E-state index in [1.165, 1.54) is 28.2 Å². The first-order valence-electron chi connectivity index (χ1n) is 12.8. The van der Waals surface area contributed by atoms with E-state index in [4.69, 9.17) is 0 Å². The third-order valence-electron chi connectivity index (χ3n) is 7.58. The fourth-order valence-corrected chi connectivity index (χ4v) is 5.40. The minimum Gasteiger partial charge on any atom is -0.372 e. The first-order chi connectivity index (χ1) is 16.6. The van der Waals surface area contributed by atoms with Gasteiger partial charge >= 0.3 is 0 Å². The maximum absolute atomic E-state index is 3.84. The number of hydrazine groups is 1. The van der Waals surface area contributed by atoms with Crippen LogP contribution in [0.15, 0.2) is 90.2 Å². The van der Waals surface area contributed by atoms with E-state index in [0.29, 0.717) is 0 Å². The summed E-state index contributed by atoms with van der Waals surface area (Å²) in [6.07, 6.45) is 11.6. The predicted molar refractivity (Wildman–Crippen MR) is 146 cm³/mol. The Hall–Kier alpha value is -2.98. The van der Waals surface area contributed by atoms with Gasteiger partial charge in [-0.2, -0.15) is 0 Å². The molecule has 0 radical (unpaired) electrons. The van der Waals surface area contributed by atoms with Crippen LogP contribution in [-0.4, -0.2) is 26.2 Å². The first kappa shape index (κ1) is 24.2. The molecule has 0 aromatic heterocycles. The maximum Gasteiger partial charge on any atom is 0.0955 e. The largest absolute Gasteiger partial charge is 0.372 e. The van der Waals surface area contributed by atoms with Crippen molar-refractivity contribution in [2.24, 2.45) is 5.41 Å². The van der Waals surface area contributed by atoms with Gasteiger partial charge in [0.15, 0.2) is 0 Å². The Bertz CT molecular complexity index is 1030. The zero-order valence-electron chi connectivity index (χ0n) is 21.4. The molecule has 0 fully saturated rings. The molecule has 2 aromatic rings. The molecule has 4 heteroatoms. The molecule has 1 aliphatic heterocycles. The van der Waals surface area contributed by atoms with Crippen LogP contribution in [-0.2, 0) is 0 Å². The second-order valence-electron chi connectivity index (χ2n) is 9.20. The number of anilines is 2. The van der Waals surface area contributed by atoms with Crippen molar-refractivity contribution in [2.75, 3.05) is 30.0 Å². The molecule has 4 rings (SSSR count). The van der Waals surface area contributed by atoms with Gasteiger partial charge in [-0.25, -0.2) is 0 Å². The molecular weight excluding hydrogens is 416 g/mol. The summed E-state index contributed by atoms with van der Waals surface area (Å²) >= 11 is 0. The van der Waals surface area contributed by atoms with Crippen LogP contribution in [0.4, 0.5) is 11.4 Å². The van der Waals surface area contributed by atoms with Gasteiger partial charge in [0.25, 0.3) is 0 Å². The molecule has 180 valence electrons. The van der Waals surface area contributed by atoms with Crippen molar-refractivity contribution in [3.63, 3.8) is 0 Å². The highest BCUT2D eigenvalue weighted by Crippen LogP contribution is 2.45. The Balaban J connectivity index is 1.74. The number of nitrogens with one attached hydrogen (secondary N) is 2. The Morgan fingerprint density at radius 3 is 2.24 bits per heavy atom. The topological polar surface area (TPSA) is 30.5 Å². The first-order valence-corrected chi connectivity index (χ1v) is 12.8.